The molecule has 128 valence electrons. The molecule has 1 heterocycles. The molecular formula is C23H20N2O. The molecule has 0 aliphatic heterocycles. The molecule has 3 aromatic carbocycles. The number of hydrogen-bond acceptors (Lipinski definition) is 3. The third kappa shape index (κ3) is 3.11. The molecule has 26 heavy (non-hydrogen) atoms. The molecule has 1 aromatic heterocycles. The number of hydrogen-bond donors (Lipinski definition) is 2. The third-order valence-corrected chi connectivity index (χ3v) is 4.56. The van der Waals surface area contributed by atoms with Crippen molar-refractivity contribution in [3.63, 3.8) is 0 Å². The van der Waals surface area contributed by atoms with Crippen LogP contribution in [0.25, 0.3) is 21.9 Å². The summed E-state index contributed by atoms with van der Waals surface area (Å²) in [6, 6.07) is 23.9. The number of anilines is 2. The molecular weight excluding hydrogens is 320 g/mol. The fourth-order valence-corrected chi connectivity index (χ4v) is 3.24. The summed E-state index contributed by atoms with van der Waals surface area (Å²) in [4.78, 5) is 4.55. The Morgan fingerprint density at radius 3 is 2.58 bits per heavy atom. The Labute approximate surface area is 153 Å². The highest BCUT2D eigenvalue weighted by Gasteiger charge is 2.09. The highest BCUT2D eigenvalue weighted by molar-refractivity contribution is 6.02. The van der Waals surface area contributed by atoms with Crippen molar-refractivity contribution in [3.8, 4) is 16.9 Å². The molecule has 0 bridgehead atoms. The lowest BCUT2D eigenvalue weighted by molar-refractivity contribution is 0.475. The smallest absolute Gasteiger partial charge is 0.138 e. The topological polar surface area (TPSA) is 45.2 Å². The molecule has 0 fully saturated rings. The van der Waals surface area contributed by atoms with Gasteiger partial charge in [-0.2, -0.15) is 0 Å². The normalized spacial score (nSPS) is 10.8. The maximum atomic E-state index is 9.82. The Bertz CT molecular complexity index is 1070. The number of nitrogens with one attached hydrogen (secondary N) is 1. The van der Waals surface area contributed by atoms with Crippen LogP contribution in [-0.2, 0) is 6.42 Å². The first-order valence-corrected chi connectivity index (χ1v) is 8.77. The second-order valence-electron chi connectivity index (χ2n) is 6.29. The van der Waals surface area contributed by atoms with Crippen LogP contribution >= 0.6 is 0 Å². The van der Waals surface area contributed by atoms with Crippen molar-refractivity contribution >= 4 is 22.3 Å². The first kappa shape index (κ1) is 16.2. The summed E-state index contributed by atoms with van der Waals surface area (Å²) in [5.74, 6) is 1.10. The Kier molecular flexibility index (Phi) is 4.28. The third-order valence-electron chi connectivity index (χ3n) is 4.56. The van der Waals surface area contributed by atoms with Gasteiger partial charge in [0.15, 0.2) is 0 Å². The van der Waals surface area contributed by atoms with Gasteiger partial charge in [-0.1, -0.05) is 49.4 Å². The van der Waals surface area contributed by atoms with Crippen molar-refractivity contribution < 1.29 is 5.11 Å². The van der Waals surface area contributed by atoms with Gasteiger partial charge in [-0.25, -0.2) is 4.98 Å². The van der Waals surface area contributed by atoms with Crippen LogP contribution in [0.4, 0.5) is 11.5 Å². The second-order valence-corrected chi connectivity index (χ2v) is 6.29. The van der Waals surface area contributed by atoms with Gasteiger partial charge in [0.05, 0.1) is 0 Å². The number of aryl methyl sites for hydroxylation is 1. The lowest BCUT2D eigenvalue weighted by Gasteiger charge is -2.12. The highest BCUT2D eigenvalue weighted by atomic mass is 16.3. The van der Waals surface area contributed by atoms with Gasteiger partial charge in [-0.05, 0) is 58.8 Å². The minimum atomic E-state index is 0.267. The van der Waals surface area contributed by atoms with E-state index in [-0.39, 0.29) is 5.75 Å². The molecule has 0 atom stereocenters. The van der Waals surface area contributed by atoms with Crippen LogP contribution in [0.1, 0.15) is 12.5 Å². The summed E-state index contributed by atoms with van der Waals surface area (Å²) >= 11 is 0. The number of nitrogens with zero attached hydrogens (tertiary/aromatic N) is 1. The minimum absolute atomic E-state index is 0.267. The van der Waals surface area contributed by atoms with Crippen LogP contribution < -0.4 is 5.32 Å². The first-order chi connectivity index (χ1) is 12.7. The molecule has 0 spiro atoms. The fraction of sp³-hybridized carbons (Fsp3) is 0.0870. The van der Waals surface area contributed by atoms with Crippen molar-refractivity contribution in [2.24, 2.45) is 0 Å². The van der Waals surface area contributed by atoms with Crippen LogP contribution in [-0.4, -0.2) is 10.1 Å². The number of rotatable bonds is 4. The number of fused-ring (bicyclic) bond motifs is 1. The number of aromatic hydroxyl groups is 1. The number of benzene rings is 3. The fourth-order valence-electron chi connectivity index (χ4n) is 3.24. The Hall–Kier alpha value is -3.33. The Balaban J connectivity index is 1.81. The summed E-state index contributed by atoms with van der Waals surface area (Å²) in [5, 5.41) is 15.4. The van der Waals surface area contributed by atoms with E-state index in [2.05, 4.69) is 53.6 Å². The van der Waals surface area contributed by atoms with Crippen molar-refractivity contribution in [2.75, 3.05) is 5.32 Å². The van der Waals surface area contributed by atoms with Crippen molar-refractivity contribution in [2.45, 2.75) is 13.3 Å². The van der Waals surface area contributed by atoms with E-state index < -0.39 is 0 Å². The van der Waals surface area contributed by atoms with Gasteiger partial charge in [0.25, 0.3) is 0 Å². The molecule has 2 N–H and O–H groups in total. The van der Waals surface area contributed by atoms with Crippen LogP contribution in [0.2, 0.25) is 0 Å². The summed E-state index contributed by atoms with van der Waals surface area (Å²) in [5.41, 5.74) is 4.38. The van der Waals surface area contributed by atoms with Gasteiger partial charge in [-0.15, -0.1) is 0 Å². The molecule has 4 aromatic rings. The Morgan fingerprint density at radius 2 is 1.73 bits per heavy atom. The molecule has 0 amide bonds. The first-order valence-electron chi connectivity index (χ1n) is 8.77. The number of phenolic OH excluding ortho intramolecular Hbond substituents is 1. The van der Waals surface area contributed by atoms with Crippen LogP contribution in [0.5, 0.6) is 5.75 Å². The van der Waals surface area contributed by atoms with E-state index in [4.69, 9.17) is 0 Å². The van der Waals surface area contributed by atoms with E-state index in [0.29, 0.717) is 0 Å². The average molecular weight is 340 g/mol. The van der Waals surface area contributed by atoms with E-state index in [1.807, 2.05) is 30.5 Å². The molecule has 0 aliphatic rings. The second kappa shape index (κ2) is 6.89. The van der Waals surface area contributed by atoms with Gasteiger partial charge >= 0.3 is 0 Å². The lowest BCUT2D eigenvalue weighted by Crippen LogP contribution is -1.96. The quantitative estimate of drug-likeness (QED) is 0.485. The maximum Gasteiger partial charge on any atom is 0.138 e. The standard InChI is InChI=1S/C23H20N2O/c1-2-16-6-3-8-18(14-16)25-23-22-11-5-10-20(21(22)12-13-24-23)17-7-4-9-19(26)15-17/h3-15,26H,2H2,1H3,(H,24,25). The average Bonchev–Trinajstić information content (AvgIpc) is 2.68. The molecule has 3 heteroatoms. The largest absolute Gasteiger partial charge is 0.508 e. The number of aromatic nitrogens is 1. The summed E-state index contributed by atoms with van der Waals surface area (Å²) in [6.45, 7) is 2.15. The van der Waals surface area contributed by atoms with E-state index in [1.165, 1.54) is 5.56 Å². The van der Waals surface area contributed by atoms with Crippen molar-refractivity contribution in [1.29, 1.82) is 0 Å². The zero-order chi connectivity index (χ0) is 17.9. The lowest BCUT2D eigenvalue weighted by atomic mass is 9.99. The van der Waals surface area contributed by atoms with E-state index in [9.17, 15) is 5.11 Å². The molecule has 4 rings (SSSR count). The van der Waals surface area contributed by atoms with Gasteiger partial charge in [0.2, 0.25) is 0 Å². The molecule has 0 aliphatic carbocycles. The molecule has 0 saturated heterocycles. The molecule has 0 radical (unpaired) electrons. The SMILES string of the molecule is CCc1cccc(Nc2nccc3c(-c4cccc(O)c4)cccc23)c1. The Morgan fingerprint density at radius 1 is 0.885 bits per heavy atom. The predicted molar refractivity (Wildman–Crippen MR) is 108 cm³/mol. The molecule has 0 unspecified atom stereocenters. The molecule has 0 saturated carbocycles. The zero-order valence-electron chi connectivity index (χ0n) is 14.6. The number of pyridine rings is 1. The van der Waals surface area contributed by atoms with Crippen molar-refractivity contribution in [3.05, 3.63) is 84.6 Å². The highest BCUT2D eigenvalue weighted by Crippen LogP contribution is 2.33. The summed E-state index contributed by atoms with van der Waals surface area (Å²) in [7, 11) is 0. The maximum absolute atomic E-state index is 9.82. The van der Waals surface area contributed by atoms with Crippen LogP contribution in [0, 0.1) is 0 Å². The minimum Gasteiger partial charge on any atom is -0.508 e. The van der Waals surface area contributed by atoms with Crippen LogP contribution in [0.3, 0.4) is 0 Å². The van der Waals surface area contributed by atoms with Gasteiger partial charge in [-0.3, -0.25) is 0 Å². The monoisotopic (exact) mass is 340 g/mol. The summed E-state index contributed by atoms with van der Waals surface area (Å²) in [6.07, 6.45) is 2.82. The zero-order valence-corrected chi connectivity index (χ0v) is 14.6. The molecule has 3 nitrogen and oxygen atoms in total. The van der Waals surface area contributed by atoms with Crippen molar-refractivity contribution in [1.82, 2.24) is 4.98 Å². The van der Waals surface area contributed by atoms with E-state index in [1.54, 1.807) is 12.1 Å². The predicted octanol–water partition coefficient (Wildman–Crippen LogP) is 5.91. The number of phenols is 1. The summed E-state index contributed by atoms with van der Waals surface area (Å²) < 4.78 is 0. The van der Waals surface area contributed by atoms with E-state index in [0.717, 1.165) is 39.8 Å². The van der Waals surface area contributed by atoms with Gasteiger partial charge in [0, 0.05) is 17.3 Å². The van der Waals surface area contributed by atoms with Crippen LogP contribution in [0.15, 0.2) is 79.0 Å². The van der Waals surface area contributed by atoms with E-state index >= 15 is 0 Å². The van der Waals surface area contributed by atoms with Gasteiger partial charge in [0.1, 0.15) is 11.6 Å². The van der Waals surface area contributed by atoms with Gasteiger partial charge < -0.3 is 10.4 Å².